The fourth-order valence-corrected chi connectivity index (χ4v) is 2.21. The van der Waals surface area contributed by atoms with Gasteiger partial charge in [-0.25, -0.2) is 0 Å². The molecule has 0 aliphatic heterocycles. The second kappa shape index (κ2) is 6.67. The highest BCUT2D eigenvalue weighted by Gasteiger charge is 2.10. The van der Waals surface area contributed by atoms with Crippen LogP contribution in [-0.4, -0.2) is 29.4 Å². The van der Waals surface area contributed by atoms with Crippen LogP contribution in [0.2, 0.25) is 0 Å². The van der Waals surface area contributed by atoms with Gasteiger partial charge in [0.05, 0.1) is 30.6 Å². The molecular weight excluding hydrogens is 357 g/mol. The Hall–Kier alpha value is -1.41. The second-order valence-electron chi connectivity index (χ2n) is 3.92. The summed E-state index contributed by atoms with van der Waals surface area (Å²) in [4.78, 5) is 12.1. The number of halogens is 1. The van der Waals surface area contributed by atoms with Crippen LogP contribution >= 0.6 is 22.6 Å². The van der Waals surface area contributed by atoms with Crippen molar-refractivity contribution in [1.82, 2.24) is 9.78 Å². The molecule has 0 radical (unpaired) electrons. The van der Waals surface area contributed by atoms with E-state index < -0.39 is 0 Å². The molecule has 100 valence electrons. The number of nitrogens with one attached hydrogen (secondary N) is 1. The van der Waals surface area contributed by atoms with Gasteiger partial charge in [0.25, 0.3) is 5.91 Å². The van der Waals surface area contributed by atoms with Crippen LogP contribution in [0.15, 0.2) is 36.7 Å². The van der Waals surface area contributed by atoms with E-state index in [1.807, 2.05) is 18.2 Å². The first-order valence-electron chi connectivity index (χ1n) is 5.78. The van der Waals surface area contributed by atoms with E-state index in [1.54, 1.807) is 30.3 Å². The molecule has 5 nitrogen and oxygen atoms in total. The number of nitrogens with zero attached hydrogens (tertiary/aromatic N) is 2. The predicted molar refractivity (Wildman–Crippen MR) is 81.2 cm³/mol. The van der Waals surface area contributed by atoms with Gasteiger partial charge in [0.2, 0.25) is 0 Å². The van der Waals surface area contributed by atoms with Crippen molar-refractivity contribution in [3.8, 4) is 0 Å². The molecule has 0 aliphatic rings. The molecule has 1 aromatic carbocycles. The number of hydrogen-bond acceptors (Lipinski definition) is 3. The smallest absolute Gasteiger partial charge is 0.256 e. The van der Waals surface area contributed by atoms with Crippen molar-refractivity contribution < 1.29 is 9.53 Å². The van der Waals surface area contributed by atoms with Gasteiger partial charge < -0.3 is 10.1 Å². The summed E-state index contributed by atoms with van der Waals surface area (Å²) in [5, 5.41) is 6.97. The van der Waals surface area contributed by atoms with Gasteiger partial charge in [0.15, 0.2) is 0 Å². The van der Waals surface area contributed by atoms with Crippen LogP contribution in [0.1, 0.15) is 10.4 Å². The quantitative estimate of drug-likeness (QED) is 0.822. The average molecular weight is 371 g/mol. The van der Waals surface area contributed by atoms with Gasteiger partial charge in [-0.3, -0.25) is 9.48 Å². The third kappa shape index (κ3) is 3.77. The maximum atomic E-state index is 12.1. The van der Waals surface area contributed by atoms with E-state index in [2.05, 4.69) is 33.0 Å². The van der Waals surface area contributed by atoms with E-state index in [0.29, 0.717) is 24.4 Å². The van der Waals surface area contributed by atoms with Crippen LogP contribution in [0.25, 0.3) is 0 Å². The van der Waals surface area contributed by atoms with Crippen LogP contribution in [0, 0.1) is 3.57 Å². The molecule has 2 aromatic rings. The monoisotopic (exact) mass is 371 g/mol. The van der Waals surface area contributed by atoms with Gasteiger partial charge in [0, 0.05) is 16.9 Å². The molecule has 0 saturated carbocycles. The van der Waals surface area contributed by atoms with Crippen LogP contribution in [0.3, 0.4) is 0 Å². The maximum absolute atomic E-state index is 12.1. The third-order valence-electron chi connectivity index (χ3n) is 2.53. The van der Waals surface area contributed by atoms with Gasteiger partial charge in [0.1, 0.15) is 0 Å². The Morgan fingerprint density at radius 3 is 3.00 bits per heavy atom. The van der Waals surface area contributed by atoms with E-state index in [9.17, 15) is 4.79 Å². The van der Waals surface area contributed by atoms with Crippen LogP contribution in [-0.2, 0) is 11.3 Å². The molecule has 0 bridgehead atoms. The molecule has 1 heterocycles. The Bertz CT molecular complexity index is 569. The molecule has 0 atom stereocenters. The second-order valence-corrected chi connectivity index (χ2v) is 5.08. The van der Waals surface area contributed by atoms with Gasteiger partial charge >= 0.3 is 0 Å². The Kier molecular flexibility index (Phi) is 4.92. The Morgan fingerprint density at radius 1 is 1.47 bits per heavy atom. The molecule has 19 heavy (non-hydrogen) atoms. The lowest BCUT2D eigenvalue weighted by Crippen LogP contribution is -2.13. The van der Waals surface area contributed by atoms with Crippen LogP contribution in [0.4, 0.5) is 5.69 Å². The first kappa shape index (κ1) is 14.0. The number of benzene rings is 1. The molecule has 6 heteroatoms. The number of carbonyl (C=O) groups is 1. The molecule has 1 amide bonds. The number of aromatic nitrogens is 2. The Labute approximate surface area is 125 Å². The molecule has 0 saturated heterocycles. The van der Waals surface area contributed by atoms with Gasteiger partial charge in [-0.2, -0.15) is 5.10 Å². The SMILES string of the molecule is COCCn1cc(NC(=O)c2ccccc2I)cn1. The summed E-state index contributed by atoms with van der Waals surface area (Å²) < 4.78 is 7.62. The number of methoxy groups -OCH3 is 1. The predicted octanol–water partition coefficient (Wildman–Crippen LogP) is 2.39. The molecular formula is C13H14IN3O2. The van der Waals surface area contributed by atoms with Crippen molar-refractivity contribution in [2.24, 2.45) is 0 Å². The van der Waals surface area contributed by atoms with E-state index >= 15 is 0 Å². The van der Waals surface area contributed by atoms with Crippen molar-refractivity contribution >= 4 is 34.2 Å². The third-order valence-corrected chi connectivity index (χ3v) is 3.47. The van der Waals surface area contributed by atoms with Gasteiger partial charge in [-0.1, -0.05) is 12.1 Å². The molecule has 2 rings (SSSR count). The summed E-state index contributed by atoms with van der Waals surface area (Å²) in [5.74, 6) is -0.128. The highest BCUT2D eigenvalue weighted by atomic mass is 127. The number of ether oxygens (including phenoxy) is 1. The van der Waals surface area contributed by atoms with Crippen molar-refractivity contribution in [2.45, 2.75) is 6.54 Å². The summed E-state index contributed by atoms with van der Waals surface area (Å²) in [6.45, 7) is 1.25. The number of hydrogen-bond donors (Lipinski definition) is 1. The lowest BCUT2D eigenvalue weighted by Gasteiger charge is -2.04. The number of anilines is 1. The van der Waals surface area contributed by atoms with Crippen molar-refractivity contribution in [3.63, 3.8) is 0 Å². The number of carbonyl (C=O) groups excluding carboxylic acids is 1. The van der Waals surface area contributed by atoms with E-state index in [1.165, 1.54) is 0 Å². The largest absolute Gasteiger partial charge is 0.383 e. The minimum atomic E-state index is -0.128. The van der Waals surface area contributed by atoms with E-state index in [4.69, 9.17) is 4.74 Å². The first-order valence-corrected chi connectivity index (χ1v) is 6.86. The van der Waals surface area contributed by atoms with E-state index in [0.717, 1.165) is 3.57 Å². The summed E-state index contributed by atoms with van der Waals surface area (Å²) in [6, 6.07) is 7.45. The van der Waals surface area contributed by atoms with Gasteiger partial charge in [-0.05, 0) is 34.7 Å². The lowest BCUT2D eigenvalue weighted by molar-refractivity contribution is 0.102. The molecule has 0 spiro atoms. The topological polar surface area (TPSA) is 56.1 Å². The molecule has 0 aliphatic carbocycles. The molecule has 1 N–H and O–H groups in total. The van der Waals surface area contributed by atoms with Crippen molar-refractivity contribution in [3.05, 3.63) is 45.8 Å². The van der Waals surface area contributed by atoms with Gasteiger partial charge in [-0.15, -0.1) is 0 Å². The zero-order valence-corrected chi connectivity index (χ0v) is 12.6. The standard InChI is InChI=1S/C13H14IN3O2/c1-19-7-6-17-9-10(8-15-17)16-13(18)11-4-2-3-5-12(11)14/h2-5,8-9H,6-7H2,1H3,(H,16,18). The Morgan fingerprint density at radius 2 is 2.26 bits per heavy atom. The summed E-state index contributed by atoms with van der Waals surface area (Å²) in [7, 11) is 1.64. The fraction of sp³-hybridized carbons (Fsp3) is 0.231. The molecule has 0 unspecified atom stereocenters. The fourth-order valence-electron chi connectivity index (χ4n) is 1.58. The van der Waals surface area contributed by atoms with E-state index in [-0.39, 0.29) is 5.91 Å². The summed E-state index contributed by atoms with van der Waals surface area (Å²) in [5.41, 5.74) is 1.34. The highest BCUT2D eigenvalue weighted by molar-refractivity contribution is 14.1. The molecule has 1 aromatic heterocycles. The summed E-state index contributed by atoms with van der Waals surface area (Å²) >= 11 is 2.14. The number of amides is 1. The van der Waals surface area contributed by atoms with Crippen molar-refractivity contribution in [2.75, 3.05) is 19.0 Å². The zero-order chi connectivity index (χ0) is 13.7. The minimum Gasteiger partial charge on any atom is -0.383 e. The lowest BCUT2D eigenvalue weighted by atomic mass is 10.2. The highest BCUT2D eigenvalue weighted by Crippen LogP contribution is 2.14. The van der Waals surface area contributed by atoms with Crippen molar-refractivity contribution in [1.29, 1.82) is 0 Å². The maximum Gasteiger partial charge on any atom is 0.256 e. The summed E-state index contributed by atoms with van der Waals surface area (Å²) in [6.07, 6.45) is 3.41. The normalized spacial score (nSPS) is 10.4. The number of rotatable bonds is 5. The van der Waals surface area contributed by atoms with Crippen LogP contribution < -0.4 is 5.32 Å². The average Bonchev–Trinajstić information content (AvgIpc) is 2.84. The van der Waals surface area contributed by atoms with Crippen LogP contribution in [0.5, 0.6) is 0 Å². The zero-order valence-electron chi connectivity index (χ0n) is 10.5. The Balaban J connectivity index is 2.03. The molecule has 0 fully saturated rings. The first-order chi connectivity index (χ1) is 9.20. The minimum absolute atomic E-state index is 0.128.